The fourth-order valence-electron chi connectivity index (χ4n) is 2.52. The van der Waals surface area contributed by atoms with Crippen LogP contribution in [0.25, 0.3) is 0 Å². The molecule has 1 atom stereocenters. The minimum atomic E-state index is -0.555. The number of hydrogen-bond donors (Lipinski definition) is 1. The highest BCUT2D eigenvalue weighted by Crippen LogP contribution is 2.24. The highest BCUT2D eigenvalue weighted by atomic mass is 16.3. The monoisotopic (exact) mass is 227 g/mol. The second-order valence-electron chi connectivity index (χ2n) is 6.07. The molecule has 1 aliphatic rings. The average molecular weight is 227 g/mol. The highest BCUT2D eigenvalue weighted by Gasteiger charge is 2.29. The Morgan fingerprint density at radius 1 is 1.19 bits per heavy atom. The lowest BCUT2D eigenvalue weighted by atomic mass is 9.91. The van der Waals surface area contributed by atoms with E-state index >= 15 is 0 Å². The van der Waals surface area contributed by atoms with Gasteiger partial charge in [-0.1, -0.05) is 39.5 Å². The maximum Gasteiger partial charge on any atom is 0.0768 e. The van der Waals surface area contributed by atoms with Crippen LogP contribution in [0.3, 0.4) is 0 Å². The first kappa shape index (κ1) is 14.0. The molecule has 0 bridgehead atoms. The fraction of sp³-hybridized carbons (Fsp3) is 1.00. The van der Waals surface area contributed by atoms with E-state index in [9.17, 15) is 5.11 Å². The molecule has 1 unspecified atom stereocenters. The van der Waals surface area contributed by atoms with Crippen LogP contribution in [0, 0.1) is 5.92 Å². The molecule has 0 amide bonds. The predicted octanol–water partition coefficient (Wildman–Crippen LogP) is 3.05. The Balaban J connectivity index is 2.46. The summed E-state index contributed by atoms with van der Waals surface area (Å²) >= 11 is 0. The van der Waals surface area contributed by atoms with Gasteiger partial charge >= 0.3 is 0 Å². The predicted molar refractivity (Wildman–Crippen MR) is 69.6 cm³/mol. The van der Waals surface area contributed by atoms with E-state index in [0.717, 1.165) is 6.54 Å². The number of rotatable bonds is 4. The van der Waals surface area contributed by atoms with E-state index in [1.807, 2.05) is 6.92 Å². The molecule has 2 heteroatoms. The van der Waals surface area contributed by atoms with Gasteiger partial charge in [-0.2, -0.15) is 0 Å². The number of aliphatic hydroxyl groups is 1. The molecule has 96 valence electrons. The molecule has 1 fully saturated rings. The Hall–Kier alpha value is -0.0800. The van der Waals surface area contributed by atoms with Crippen LogP contribution in [0.1, 0.15) is 59.3 Å². The van der Waals surface area contributed by atoms with E-state index in [-0.39, 0.29) is 0 Å². The van der Waals surface area contributed by atoms with Gasteiger partial charge in [-0.3, -0.25) is 0 Å². The maximum absolute atomic E-state index is 10.3. The third-order valence-corrected chi connectivity index (χ3v) is 4.26. The van der Waals surface area contributed by atoms with Gasteiger partial charge in [-0.15, -0.1) is 0 Å². The summed E-state index contributed by atoms with van der Waals surface area (Å²) in [4.78, 5) is 2.38. The van der Waals surface area contributed by atoms with Gasteiger partial charge in [0, 0.05) is 12.6 Å². The van der Waals surface area contributed by atoms with Crippen molar-refractivity contribution < 1.29 is 5.11 Å². The standard InChI is InChI=1S/C14H29NO/c1-12(2)14(3,16)11-15(4)13-9-7-5-6-8-10-13/h12-13,16H,5-11H2,1-4H3. The first-order chi connectivity index (χ1) is 7.43. The molecular weight excluding hydrogens is 198 g/mol. The molecule has 1 saturated carbocycles. The smallest absolute Gasteiger partial charge is 0.0768 e. The van der Waals surface area contributed by atoms with Crippen molar-refractivity contribution in [2.75, 3.05) is 13.6 Å². The topological polar surface area (TPSA) is 23.5 Å². The van der Waals surface area contributed by atoms with Crippen LogP contribution in [-0.2, 0) is 0 Å². The second-order valence-corrected chi connectivity index (χ2v) is 6.07. The SMILES string of the molecule is CC(C)C(C)(O)CN(C)C1CCCCCC1. The molecule has 0 aromatic carbocycles. The zero-order chi connectivity index (χ0) is 12.2. The summed E-state index contributed by atoms with van der Waals surface area (Å²) in [7, 11) is 2.17. The van der Waals surface area contributed by atoms with Gasteiger partial charge < -0.3 is 10.0 Å². The first-order valence-electron chi connectivity index (χ1n) is 6.86. The summed E-state index contributed by atoms with van der Waals surface area (Å²) in [6.07, 6.45) is 8.13. The van der Waals surface area contributed by atoms with Crippen LogP contribution in [0.15, 0.2) is 0 Å². The molecule has 0 heterocycles. The van der Waals surface area contributed by atoms with Crippen LogP contribution in [0.5, 0.6) is 0 Å². The lowest BCUT2D eigenvalue weighted by Gasteiger charge is -2.36. The fourth-order valence-corrected chi connectivity index (χ4v) is 2.52. The van der Waals surface area contributed by atoms with E-state index < -0.39 is 5.60 Å². The van der Waals surface area contributed by atoms with Gasteiger partial charge in [0.2, 0.25) is 0 Å². The summed E-state index contributed by atoms with van der Waals surface area (Å²) < 4.78 is 0. The highest BCUT2D eigenvalue weighted by molar-refractivity contribution is 4.83. The molecule has 1 N–H and O–H groups in total. The second kappa shape index (κ2) is 6.02. The zero-order valence-electron chi connectivity index (χ0n) is 11.5. The van der Waals surface area contributed by atoms with E-state index in [0.29, 0.717) is 12.0 Å². The van der Waals surface area contributed by atoms with Crippen LogP contribution >= 0.6 is 0 Å². The van der Waals surface area contributed by atoms with Crippen molar-refractivity contribution in [2.45, 2.75) is 70.9 Å². The van der Waals surface area contributed by atoms with Crippen molar-refractivity contribution in [2.24, 2.45) is 5.92 Å². The Morgan fingerprint density at radius 3 is 2.12 bits per heavy atom. The average Bonchev–Trinajstić information content (AvgIpc) is 2.44. The molecule has 0 aromatic heterocycles. The Morgan fingerprint density at radius 2 is 1.69 bits per heavy atom. The van der Waals surface area contributed by atoms with Crippen LogP contribution in [0.4, 0.5) is 0 Å². The molecule has 1 aliphatic carbocycles. The van der Waals surface area contributed by atoms with E-state index in [4.69, 9.17) is 0 Å². The van der Waals surface area contributed by atoms with Crippen molar-refractivity contribution in [1.82, 2.24) is 4.90 Å². The van der Waals surface area contributed by atoms with Gasteiger partial charge in [-0.05, 0) is 32.7 Å². The summed E-state index contributed by atoms with van der Waals surface area (Å²) in [5.74, 6) is 0.320. The van der Waals surface area contributed by atoms with Crippen LogP contribution < -0.4 is 0 Å². The molecule has 0 radical (unpaired) electrons. The minimum Gasteiger partial charge on any atom is -0.389 e. The van der Waals surface area contributed by atoms with Crippen molar-refractivity contribution in [1.29, 1.82) is 0 Å². The van der Waals surface area contributed by atoms with E-state index in [2.05, 4.69) is 25.8 Å². The van der Waals surface area contributed by atoms with Gasteiger partial charge in [0.05, 0.1) is 5.60 Å². The molecule has 1 rings (SSSR count). The summed E-state index contributed by atoms with van der Waals surface area (Å²) in [5.41, 5.74) is -0.555. The lowest BCUT2D eigenvalue weighted by Crippen LogP contribution is -2.46. The van der Waals surface area contributed by atoms with E-state index in [1.165, 1.54) is 38.5 Å². The Labute approximate surface area is 101 Å². The Bertz CT molecular complexity index is 193. The normalized spacial score (nSPS) is 23.4. The maximum atomic E-state index is 10.3. The quantitative estimate of drug-likeness (QED) is 0.746. The van der Waals surface area contributed by atoms with Gasteiger partial charge in [0.15, 0.2) is 0 Å². The van der Waals surface area contributed by atoms with Crippen LogP contribution in [0.2, 0.25) is 0 Å². The number of nitrogens with zero attached hydrogens (tertiary/aromatic N) is 1. The minimum absolute atomic E-state index is 0.320. The van der Waals surface area contributed by atoms with Crippen molar-refractivity contribution in [3.63, 3.8) is 0 Å². The molecule has 16 heavy (non-hydrogen) atoms. The van der Waals surface area contributed by atoms with Gasteiger partial charge in [0.25, 0.3) is 0 Å². The van der Waals surface area contributed by atoms with Crippen molar-refractivity contribution in [3.8, 4) is 0 Å². The third-order valence-electron chi connectivity index (χ3n) is 4.26. The van der Waals surface area contributed by atoms with Crippen LogP contribution in [-0.4, -0.2) is 35.2 Å². The molecule has 0 aromatic rings. The Kier molecular flexibility index (Phi) is 5.26. The lowest BCUT2D eigenvalue weighted by molar-refractivity contribution is -0.0234. The summed E-state index contributed by atoms with van der Waals surface area (Å²) in [5, 5.41) is 10.3. The largest absolute Gasteiger partial charge is 0.389 e. The summed E-state index contributed by atoms with van der Waals surface area (Å²) in [6.45, 7) is 6.96. The molecular formula is C14H29NO. The zero-order valence-corrected chi connectivity index (χ0v) is 11.5. The van der Waals surface area contributed by atoms with Crippen molar-refractivity contribution in [3.05, 3.63) is 0 Å². The molecule has 0 spiro atoms. The molecule has 0 saturated heterocycles. The first-order valence-corrected chi connectivity index (χ1v) is 6.86. The number of hydrogen-bond acceptors (Lipinski definition) is 2. The third kappa shape index (κ3) is 4.06. The van der Waals surface area contributed by atoms with Crippen molar-refractivity contribution >= 4 is 0 Å². The molecule has 2 nitrogen and oxygen atoms in total. The van der Waals surface area contributed by atoms with Gasteiger partial charge in [0.1, 0.15) is 0 Å². The summed E-state index contributed by atoms with van der Waals surface area (Å²) in [6, 6.07) is 0.688. The molecule has 0 aliphatic heterocycles. The van der Waals surface area contributed by atoms with E-state index in [1.54, 1.807) is 0 Å². The van der Waals surface area contributed by atoms with Gasteiger partial charge in [-0.25, -0.2) is 0 Å². The number of likely N-dealkylation sites (N-methyl/N-ethyl adjacent to an activating group) is 1.